The lowest BCUT2D eigenvalue weighted by Crippen LogP contribution is -1.92. The molecule has 61 valence electrons. The molecule has 1 aromatic rings. The minimum absolute atomic E-state index is 0.728. The minimum atomic E-state index is 0.728. The summed E-state index contributed by atoms with van der Waals surface area (Å²) >= 11 is 0. The maximum absolute atomic E-state index is 6.84. The quantitative estimate of drug-likeness (QED) is 0.579. The molecule has 0 aliphatic carbocycles. The second-order valence-corrected chi connectivity index (χ2v) is 3.05. The third-order valence-electron chi connectivity index (χ3n) is 2.14. The highest BCUT2D eigenvalue weighted by molar-refractivity contribution is 5.33. The largest absolute Gasteiger partial charge is 0.0888 e. The van der Waals surface area contributed by atoms with E-state index < -0.39 is 0 Å². The Hall–Kier alpha value is -1.22. The van der Waals surface area contributed by atoms with Gasteiger partial charge in [-0.2, -0.15) is 0 Å². The van der Waals surface area contributed by atoms with Crippen LogP contribution in [0.1, 0.15) is 23.1 Å². The van der Waals surface area contributed by atoms with Gasteiger partial charge in [0, 0.05) is 6.42 Å². The highest BCUT2D eigenvalue weighted by atomic mass is 14.0. The van der Waals surface area contributed by atoms with Gasteiger partial charge in [0.15, 0.2) is 0 Å². The fourth-order valence-corrected chi connectivity index (χ4v) is 1.43. The lowest BCUT2D eigenvalue weighted by Gasteiger charge is -2.06. The van der Waals surface area contributed by atoms with E-state index in [0.717, 1.165) is 12.8 Å². The summed E-state index contributed by atoms with van der Waals surface area (Å²) in [5, 5.41) is 0. The molecule has 0 heteroatoms. The van der Waals surface area contributed by atoms with Gasteiger partial charge < -0.3 is 0 Å². The standard InChI is InChI=1S/C12H13/c1-4-5-9-12-10(2)7-6-8-11(12)3/h6-8H,5,9H2,2-3H3. The first kappa shape index (κ1) is 8.87. The van der Waals surface area contributed by atoms with Gasteiger partial charge in [0.25, 0.3) is 0 Å². The molecule has 12 heavy (non-hydrogen) atoms. The Morgan fingerprint density at radius 2 is 1.83 bits per heavy atom. The Balaban J connectivity index is 2.90. The first-order chi connectivity index (χ1) is 5.75. The van der Waals surface area contributed by atoms with Crippen LogP contribution >= 0.6 is 0 Å². The van der Waals surface area contributed by atoms with Gasteiger partial charge in [0.1, 0.15) is 0 Å². The van der Waals surface area contributed by atoms with Crippen LogP contribution in [0.3, 0.4) is 0 Å². The van der Waals surface area contributed by atoms with Crippen molar-refractivity contribution >= 4 is 0 Å². The Labute approximate surface area is 74.6 Å². The van der Waals surface area contributed by atoms with E-state index in [1.165, 1.54) is 16.7 Å². The van der Waals surface area contributed by atoms with Gasteiger partial charge in [0.2, 0.25) is 0 Å². The number of rotatable bonds is 2. The second kappa shape index (κ2) is 3.97. The van der Waals surface area contributed by atoms with Gasteiger partial charge in [-0.15, -0.1) is 0 Å². The average molecular weight is 157 g/mol. The van der Waals surface area contributed by atoms with E-state index in [1.54, 1.807) is 0 Å². The normalized spacial score (nSPS) is 9.42. The molecule has 0 saturated heterocycles. The van der Waals surface area contributed by atoms with Gasteiger partial charge in [-0.05, 0) is 43.4 Å². The maximum atomic E-state index is 6.84. The number of benzene rings is 1. The van der Waals surface area contributed by atoms with Crippen LogP contribution in [0.5, 0.6) is 0 Å². The summed E-state index contributed by atoms with van der Waals surface area (Å²) in [5.41, 5.74) is 4.02. The lowest BCUT2D eigenvalue weighted by atomic mass is 9.99. The molecule has 0 atom stereocenters. The predicted octanol–water partition coefficient (Wildman–Crippen LogP) is 2.83. The fraction of sp³-hybridized carbons (Fsp3) is 0.333. The number of hydrogen-bond acceptors (Lipinski definition) is 0. The third kappa shape index (κ3) is 1.89. The zero-order valence-electron chi connectivity index (χ0n) is 7.65. The van der Waals surface area contributed by atoms with Crippen molar-refractivity contribution in [3.63, 3.8) is 0 Å². The molecule has 0 saturated carbocycles. The van der Waals surface area contributed by atoms with Crippen LogP contribution in [-0.2, 0) is 6.42 Å². The fourth-order valence-electron chi connectivity index (χ4n) is 1.43. The molecule has 0 aliphatic heterocycles. The first-order valence-corrected chi connectivity index (χ1v) is 4.20. The van der Waals surface area contributed by atoms with Crippen LogP contribution < -0.4 is 0 Å². The molecule has 0 spiro atoms. The summed E-state index contributed by atoms with van der Waals surface area (Å²) in [7, 11) is 0. The van der Waals surface area contributed by atoms with Crippen molar-refractivity contribution in [1.29, 1.82) is 0 Å². The Morgan fingerprint density at radius 1 is 1.25 bits per heavy atom. The maximum Gasteiger partial charge on any atom is 0.0140 e. The molecule has 0 nitrogen and oxygen atoms in total. The van der Waals surface area contributed by atoms with Crippen LogP contribution in [0.4, 0.5) is 0 Å². The summed E-state index contributed by atoms with van der Waals surface area (Å²) in [5.74, 6) is 2.42. The highest BCUT2D eigenvalue weighted by Crippen LogP contribution is 2.14. The van der Waals surface area contributed by atoms with Gasteiger partial charge in [-0.1, -0.05) is 24.1 Å². The van der Waals surface area contributed by atoms with E-state index in [1.807, 2.05) is 0 Å². The monoisotopic (exact) mass is 157 g/mol. The van der Waals surface area contributed by atoms with Gasteiger partial charge in [-0.3, -0.25) is 0 Å². The second-order valence-electron chi connectivity index (χ2n) is 3.05. The topological polar surface area (TPSA) is 0 Å². The van der Waals surface area contributed by atoms with Crippen molar-refractivity contribution in [2.75, 3.05) is 0 Å². The lowest BCUT2D eigenvalue weighted by molar-refractivity contribution is 0.994. The number of hydrogen-bond donors (Lipinski definition) is 0. The van der Waals surface area contributed by atoms with Crippen molar-refractivity contribution in [1.82, 2.24) is 0 Å². The predicted molar refractivity (Wildman–Crippen MR) is 51.4 cm³/mol. The SMILES string of the molecule is [C]#CCCc1c(C)cccc1C. The molecular formula is C12H13. The van der Waals surface area contributed by atoms with Crippen LogP contribution in [0.25, 0.3) is 0 Å². The highest BCUT2D eigenvalue weighted by Gasteiger charge is 1.99. The molecule has 1 rings (SSSR count). The van der Waals surface area contributed by atoms with Crippen LogP contribution in [0.15, 0.2) is 18.2 Å². The van der Waals surface area contributed by atoms with Crippen molar-refractivity contribution in [3.05, 3.63) is 41.3 Å². The Morgan fingerprint density at radius 3 is 2.33 bits per heavy atom. The van der Waals surface area contributed by atoms with Gasteiger partial charge in [0.05, 0.1) is 0 Å². The zero-order chi connectivity index (χ0) is 8.97. The molecule has 1 radical (unpaired) electrons. The number of aryl methyl sites for hydroxylation is 2. The van der Waals surface area contributed by atoms with Crippen LogP contribution in [-0.4, -0.2) is 0 Å². The molecule has 0 bridgehead atoms. The van der Waals surface area contributed by atoms with Gasteiger partial charge >= 0.3 is 0 Å². The molecule has 0 unspecified atom stereocenters. The van der Waals surface area contributed by atoms with Crippen molar-refractivity contribution < 1.29 is 0 Å². The summed E-state index contributed by atoms with van der Waals surface area (Å²) in [6.45, 7) is 4.23. The molecule has 0 amide bonds. The molecule has 0 heterocycles. The van der Waals surface area contributed by atoms with Crippen LogP contribution in [0, 0.1) is 26.2 Å². The molecule has 0 N–H and O–H groups in total. The minimum Gasteiger partial charge on any atom is -0.0888 e. The summed E-state index contributed by atoms with van der Waals surface area (Å²) in [4.78, 5) is 0. The molecule has 0 aliphatic rings. The molecule has 0 aromatic heterocycles. The van der Waals surface area contributed by atoms with E-state index in [9.17, 15) is 0 Å². The van der Waals surface area contributed by atoms with E-state index in [2.05, 4.69) is 38.0 Å². The third-order valence-corrected chi connectivity index (χ3v) is 2.14. The first-order valence-electron chi connectivity index (χ1n) is 4.20. The summed E-state index contributed by atoms with van der Waals surface area (Å²) in [6, 6.07) is 6.31. The van der Waals surface area contributed by atoms with E-state index in [0.29, 0.717) is 0 Å². The summed E-state index contributed by atoms with van der Waals surface area (Å²) in [6.07, 6.45) is 8.52. The van der Waals surface area contributed by atoms with Crippen molar-refractivity contribution in [3.8, 4) is 5.92 Å². The van der Waals surface area contributed by atoms with Crippen molar-refractivity contribution in [2.24, 2.45) is 0 Å². The Bertz CT molecular complexity index is 282. The van der Waals surface area contributed by atoms with Crippen LogP contribution in [0.2, 0.25) is 0 Å². The average Bonchev–Trinajstić information content (AvgIpc) is 2.04. The molecule has 0 fully saturated rings. The van der Waals surface area contributed by atoms with E-state index in [4.69, 9.17) is 6.42 Å². The van der Waals surface area contributed by atoms with E-state index >= 15 is 0 Å². The zero-order valence-corrected chi connectivity index (χ0v) is 7.65. The summed E-state index contributed by atoms with van der Waals surface area (Å²) < 4.78 is 0. The smallest absolute Gasteiger partial charge is 0.0140 e. The van der Waals surface area contributed by atoms with Gasteiger partial charge in [-0.25, -0.2) is 0 Å². The Kier molecular flexibility index (Phi) is 2.94. The van der Waals surface area contributed by atoms with Crippen molar-refractivity contribution in [2.45, 2.75) is 26.7 Å². The van der Waals surface area contributed by atoms with E-state index in [-0.39, 0.29) is 0 Å². The molecule has 1 aromatic carbocycles. The molecular weight excluding hydrogens is 144 g/mol.